The molecule has 1 saturated heterocycles. The number of hydrogen-bond acceptors (Lipinski definition) is 4. The zero-order chi connectivity index (χ0) is 22.1. The smallest absolute Gasteiger partial charge is 0.254 e. The van der Waals surface area contributed by atoms with Gasteiger partial charge >= 0.3 is 0 Å². The molecule has 0 radical (unpaired) electrons. The maximum absolute atomic E-state index is 13.7. The summed E-state index contributed by atoms with van der Waals surface area (Å²) in [5.74, 6) is 0.0469. The SMILES string of the molecule is CC(C)n1ncc2c(C(=O)N3CCN(c4ccccc4)CC3)cc(-c3ccccc3)nc21. The summed E-state index contributed by atoms with van der Waals surface area (Å²) in [7, 11) is 0. The Balaban J connectivity index is 1.48. The van der Waals surface area contributed by atoms with Crippen LogP contribution in [-0.2, 0) is 0 Å². The van der Waals surface area contributed by atoms with Crippen molar-refractivity contribution in [3.8, 4) is 11.3 Å². The molecule has 0 aliphatic carbocycles. The van der Waals surface area contributed by atoms with E-state index in [0.717, 1.165) is 35.4 Å². The van der Waals surface area contributed by atoms with Crippen LogP contribution in [0.1, 0.15) is 30.2 Å². The predicted octanol–water partition coefficient (Wildman–Crippen LogP) is 4.64. The van der Waals surface area contributed by atoms with Gasteiger partial charge in [0.05, 0.1) is 22.8 Å². The van der Waals surface area contributed by atoms with Gasteiger partial charge < -0.3 is 9.80 Å². The number of pyridine rings is 1. The molecule has 0 spiro atoms. The van der Waals surface area contributed by atoms with Gasteiger partial charge in [0.25, 0.3) is 5.91 Å². The topological polar surface area (TPSA) is 54.3 Å². The summed E-state index contributed by atoms with van der Waals surface area (Å²) in [4.78, 5) is 22.8. The standard InChI is InChI=1S/C26H27N5O/c1-19(2)31-25-23(18-27-31)22(17-24(28-25)20-9-5-3-6-10-20)26(32)30-15-13-29(14-16-30)21-11-7-4-8-12-21/h3-12,17-19H,13-16H2,1-2H3. The van der Waals surface area contributed by atoms with E-state index in [9.17, 15) is 4.79 Å². The fourth-order valence-corrected chi connectivity index (χ4v) is 4.31. The molecule has 2 aromatic heterocycles. The van der Waals surface area contributed by atoms with Crippen LogP contribution >= 0.6 is 0 Å². The Morgan fingerprint density at radius 1 is 0.906 bits per heavy atom. The summed E-state index contributed by atoms with van der Waals surface area (Å²) in [5.41, 5.74) is 4.43. The first-order valence-electron chi connectivity index (χ1n) is 11.1. The zero-order valence-electron chi connectivity index (χ0n) is 18.5. The number of rotatable bonds is 4. The van der Waals surface area contributed by atoms with Crippen LogP contribution in [0.5, 0.6) is 0 Å². The molecule has 162 valence electrons. The van der Waals surface area contributed by atoms with E-state index in [2.05, 4.69) is 48.1 Å². The van der Waals surface area contributed by atoms with Crippen LogP contribution in [-0.4, -0.2) is 51.8 Å². The first-order valence-corrected chi connectivity index (χ1v) is 11.1. The van der Waals surface area contributed by atoms with E-state index >= 15 is 0 Å². The lowest BCUT2D eigenvalue weighted by Gasteiger charge is -2.36. The van der Waals surface area contributed by atoms with E-state index in [1.54, 1.807) is 6.20 Å². The quantitative estimate of drug-likeness (QED) is 0.478. The van der Waals surface area contributed by atoms with Crippen molar-refractivity contribution >= 4 is 22.6 Å². The molecule has 0 N–H and O–H groups in total. The summed E-state index contributed by atoms with van der Waals surface area (Å²) in [5, 5.41) is 5.36. The van der Waals surface area contributed by atoms with Gasteiger partial charge in [0.1, 0.15) is 0 Å². The second-order valence-corrected chi connectivity index (χ2v) is 8.46. The minimum Gasteiger partial charge on any atom is -0.368 e. The molecule has 32 heavy (non-hydrogen) atoms. The zero-order valence-corrected chi connectivity index (χ0v) is 18.5. The molecule has 6 heteroatoms. The van der Waals surface area contributed by atoms with Crippen molar-refractivity contribution in [1.29, 1.82) is 0 Å². The number of anilines is 1. The van der Waals surface area contributed by atoms with Crippen molar-refractivity contribution in [1.82, 2.24) is 19.7 Å². The van der Waals surface area contributed by atoms with Gasteiger partial charge in [-0.25, -0.2) is 9.67 Å². The van der Waals surface area contributed by atoms with E-state index < -0.39 is 0 Å². The second kappa shape index (κ2) is 8.46. The average Bonchev–Trinajstić information content (AvgIpc) is 3.29. The number of para-hydroxylation sites is 1. The molecule has 4 aromatic rings. The van der Waals surface area contributed by atoms with Crippen molar-refractivity contribution in [2.75, 3.05) is 31.1 Å². The van der Waals surface area contributed by atoms with E-state index in [-0.39, 0.29) is 11.9 Å². The minimum absolute atomic E-state index is 0.0469. The molecular weight excluding hydrogens is 398 g/mol. The third-order valence-corrected chi connectivity index (χ3v) is 6.04. The number of fused-ring (bicyclic) bond motifs is 1. The van der Waals surface area contributed by atoms with Crippen LogP contribution < -0.4 is 4.90 Å². The maximum Gasteiger partial charge on any atom is 0.254 e. The Bertz CT molecular complexity index is 1230. The van der Waals surface area contributed by atoms with E-state index in [1.807, 2.05) is 52.0 Å². The molecule has 0 atom stereocenters. The van der Waals surface area contributed by atoms with Crippen LogP contribution in [0.15, 0.2) is 72.9 Å². The van der Waals surface area contributed by atoms with Gasteiger partial charge in [-0.05, 0) is 32.0 Å². The normalized spacial score (nSPS) is 14.3. The van der Waals surface area contributed by atoms with E-state index in [1.165, 1.54) is 5.69 Å². The van der Waals surface area contributed by atoms with Gasteiger partial charge in [0.2, 0.25) is 0 Å². The van der Waals surface area contributed by atoms with Gasteiger partial charge in [-0.1, -0.05) is 48.5 Å². The summed E-state index contributed by atoms with van der Waals surface area (Å²) < 4.78 is 1.89. The summed E-state index contributed by atoms with van der Waals surface area (Å²) in [6.45, 7) is 7.18. The van der Waals surface area contributed by atoms with E-state index in [4.69, 9.17) is 4.98 Å². The Morgan fingerprint density at radius 2 is 1.56 bits per heavy atom. The number of hydrogen-bond donors (Lipinski definition) is 0. The number of amides is 1. The van der Waals surface area contributed by atoms with Crippen LogP contribution in [0.4, 0.5) is 5.69 Å². The molecule has 0 saturated carbocycles. The number of piperazine rings is 1. The highest BCUT2D eigenvalue weighted by atomic mass is 16.2. The summed E-state index contributed by atoms with van der Waals surface area (Å²) >= 11 is 0. The second-order valence-electron chi connectivity index (χ2n) is 8.46. The molecule has 1 aliphatic rings. The van der Waals surface area contributed by atoms with Crippen molar-refractivity contribution in [3.05, 3.63) is 78.5 Å². The predicted molar refractivity (Wildman–Crippen MR) is 128 cm³/mol. The van der Waals surface area contributed by atoms with Crippen molar-refractivity contribution in [2.24, 2.45) is 0 Å². The first kappa shape index (κ1) is 20.2. The van der Waals surface area contributed by atoms with Gasteiger partial charge in [-0.3, -0.25) is 4.79 Å². The lowest BCUT2D eigenvalue weighted by molar-refractivity contribution is 0.0748. The average molecular weight is 426 g/mol. The number of aromatic nitrogens is 3. The van der Waals surface area contributed by atoms with Gasteiger partial charge in [0, 0.05) is 43.5 Å². The lowest BCUT2D eigenvalue weighted by Crippen LogP contribution is -2.48. The molecule has 5 rings (SSSR count). The third kappa shape index (κ3) is 3.73. The highest BCUT2D eigenvalue weighted by Crippen LogP contribution is 2.28. The van der Waals surface area contributed by atoms with Crippen LogP contribution in [0.3, 0.4) is 0 Å². The number of nitrogens with zero attached hydrogens (tertiary/aromatic N) is 5. The third-order valence-electron chi connectivity index (χ3n) is 6.04. The maximum atomic E-state index is 13.7. The fraction of sp³-hybridized carbons (Fsp3) is 0.269. The number of benzene rings is 2. The Kier molecular flexibility index (Phi) is 5.35. The minimum atomic E-state index is 0.0469. The van der Waals surface area contributed by atoms with Crippen LogP contribution in [0.25, 0.3) is 22.3 Å². The van der Waals surface area contributed by atoms with Crippen LogP contribution in [0.2, 0.25) is 0 Å². The molecular formula is C26H27N5O. The van der Waals surface area contributed by atoms with Gasteiger partial charge in [-0.2, -0.15) is 5.10 Å². The Morgan fingerprint density at radius 3 is 2.22 bits per heavy atom. The highest BCUT2D eigenvalue weighted by Gasteiger charge is 2.26. The molecule has 2 aromatic carbocycles. The largest absolute Gasteiger partial charge is 0.368 e. The van der Waals surface area contributed by atoms with Crippen LogP contribution in [0, 0.1) is 0 Å². The molecule has 0 bridgehead atoms. The molecule has 1 fully saturated rings. The van der Waals surface area contributed by atoms with Gasteiger partial charge in [-0.15, -0.1) is 0 Å². The summed E-state index contributed by atoms with van der Waals surface area (Å²) in [6, 6.07) is 22.5. The molecule has 1 aliphatic heterocycles. The fourth-order valence-electron chi connectivity index (χ4n) is 4.31. The molecule has 3 heterocycles. The number of carbonyl (C=O) groups is 1. The Hall–Kier alpha value is -3.67. The van der Waals surface area contributed by atoms with Crippen molar-refractivity contribution < 1.29 is 4.79 Å². The summed E-state index contributed by atoms with van der Waals surface area (Å²) in [6.07, 6.45) is 1.78. The lowest BCUT2D eigenvalue weighted by atomic mass is 10.1. The Labute approximate surface area is 188 Å². The monoisotopic (exact) mass is 425 g/mol. The molecule has 6 nitrogen and oxygen atoms in total. The molecule has 1 amide bonds. The van der Waals surface area contributed by atoms with Crippen molar-refractivity contribution in [3.63, 3.8) is 0 Å². The van der Waals surface area contributed by atoms with Crippen molar-refractivity contribution in [2.45, 2.75) is 19.9 Å². The van der Waals surface area contributed by atoms with Gasteiger partial charge in [0.15, 0.2) is 5.65 Å². The number of carbonyl (C=O) groups excluding carboxylic acids is 1. The molecule has 0 unspecified atom stereocenters. The first-order chi connectivity index (χ1) is 15.6. The van der Waals surface area contributed by atoms with E-state index in [0.29, 0.717) is 18.7 Å². The highest BCUT2D eigenvalue weighted by molar-refractivity contribution is 6.06.